The lowest BCUT2D eigenvalue weighted by Gasteiger charge is -2.48. The van der Waals surface area contributed by atoms with Gasteiger partial charge in [0.25, 0.3) is 0 Å². The summed E-state index contributed by atoms with van der Waals surface area (Å²) in [7, 11) is 0. The van der Waals surface area contributed by atoms with Crippen molar-refractivity contribution in [1.82, 2.24) is 10.2 Å². The molecule has 4 heteroatoms. The van der Waals surface area contributed by atoms with Gasteiger partial charge in [-0.3, -0.25) is 4.90 Å². The van der Waals surface area contributed by atoms with Crippen LogP contribution in [0.3, 0.4) is 0 Å². The summed E-state index contributed by atoms with van der Waals surface area (Å²) in [4.78, 5) is 2.68. The first-order valence-electron chi connectivity index (χ1n) is 8.26. The van der Waals surface area contributed by atoms with E-state index in [0.717, 1.165) is 45.9 Å². The van der Waals surface area contributed by atoms with E-state index in [4.69, 9.17) is 9.47 Å². The molecular formula is C16H28N2O2. The van der Waals surface area contributed by atoms with E-state index in [9.17, 15) is 0 Å². The van der Waals surface area contributed by atoms with Crippen molar-refractivity contribution in [3.8, 4) is 0 Å². The van der Waals surface area contributed by atoms with Gasteiger partial charge in [-0.15, -0.1) is 0 Å². The zero-order valence-corrected chi connectivity index (χ0v) is 12.7. The molecule has 1 saturated carbocycles. The van der Waals surface area contributed by atoms with Gasteiger partial charge in [-0.25, -0.2) is 0 Å². The molecule has 20 heavy (non-hydrogen) atoms. The minimum Gasteiger partial charge on any atom is -0.496 e. The molecule has 1 N–H and O–H groups in total. The van der Waals surface area contributed by atoms with Crippen LogP contribution < -0.4 is 5.32 Å². The largest absolute Gasteiger partial charge is 0.496 e. The fraction of sp³-hybridized carbons (Fsp3) is 0.875. The Labute approximate surface area is 122 Å². The summed E-state index contributed by atoms with van der Waals surface area (Å²) in [5.41, 5.74) is 0.246. The molecule has 1 aliphatic carbocycles. The SMILES string of the molecule is CCNC(C1=CCCO1)C1(N2CCOCC2)CCCC1. The maximum absolute atomic E-state index is 5.94. The Morgan fingerprint density at radius 1 is 1.25 bits per heavy atom. The first-order valence-corrected chi connectivity index (χ1v) is 8.26. The maximum atomic E-state index is 5.94. The minimum absolute atomic E-state index is 0.246. The van der Waals surface area contributed by atoms with Gasteiger partial charge in [0.15, 0.2) is 0 Å². The highest BCUT2D eigenvalue weighted by molar-refractivity contribution is 5.19. The Morgan fingerprint density at radius 2 is 2.00 bits per heavy atom. The predicted molar refractivity (Wildman–Crippen MR) is 79.7 cm³/mol. The Morgan fingerprint density at radius 3 is 2.60 bits per heavy atom. The number of nitrogens with one attached hydrogen (secondary N) is 1. The van der Waals surface area contributed by atoms with E-state index in [0.29, 0.717) is 6.04 Å². The summed E-state index contributed by atoms with van der Waals surface area (Å²) >= 11 is 0. The van der Waals surface area contributed by atoms with Gasteiger partial charge in [-0.05, 0) is 25.5 Å². The third-order valence-corrected chi connectivity index (χ3v) is 5.07. The van der Waals surface area contributed by atoms with Crippen LogP contribution >= 0.6 is 0 Å². The number of hydrogen-bond acceptors (Lipinski definition) is 4. The summed E-state index contributed by atoms with van der Waals surface area (Å²) in [5, 5.41) is 3.73. The zero-order valence-electron chi connectivity index (χ0n) is 12.7. The number of rotatable bonds is 5. The van der Waals surface area contributed by atoms with E-state index in [1.165, 1.54) is 31.4 Å². The average Bonchev–Trinajstić information content (AvgIpc) is 3.18. The first kappa shape index (κ1) is 14.4. The van der Waals surface area contributed by atoms with Crippen molar-refractivity contribution in [3.05, 3.63) is 11.8 Å². The molecule has 1 unspecified atom stereocenters. The van der Waals surface area contributed by atoms with E-state index >= 15 is 0 Å². The summed E-state index contributed by atoms with van der Waals surface area (Å²) < 4.78 is 11.5. The van der Waals surface area contributed by atoms with Crippen LogP contribution in [0.1, 0.15) is 39.0 Å². The third kappa shape index (κ3) is 2.61. The van der Waals surface area contributed by atoms with Gasteiger partial charge in [0.1, 0.15) is 5.76 Å². The fourth-order valence-electron chi connectivity index (χ4n) is 4.18. The zero-order chi connectivity index (χ0) is 13.8. The molecule has 0 aromatic rings. The fourth-order valence-corrected chi connectivity index (χ4v) is 4.18. The van der Waals surface area contributed by atoms with Crippen LogP contribution in [0, 0.1) is 0 Å². The molecule has 3 aliphatic rings. The molecule has 2 fully saturated rings. The van der Waals surface area contributed by atoms with Gasteiger partial charge in [0, 0.05) is 25.0 Å². The molecule has 0 aromatic heterocycles. The summed E-state index contributed by atoms with van der Waals surface area (Å²) in [5.74, 6) is 1.19. The molecule has 114 valence electrons. The Balaban J connectivity index is 1.85. The highest BCUT2D eigenvalue weighted by Gasteiger charge is 2.48. The Bertz CT molecular complexity index is 344. The van der Waals surface area contributed by atoms with Crippen molar-refractivity contribution in [3.63, 3.8) is 0 Å². The summed E-state index contributed by atoms with van der Waals surface area (Å²) in [6.45, 7) is 7.93. The molecule has 0 aromatic carbocycles. The van der Waals surface area contributed by atoms with E-state index in [1.54, 1.807) is 0 Å². The van der Waals surface area contributed by atoms with Crippen molar-refractivity contribution in [2.45, 2.75) is 50.6 Å². The second-order valence-corrected chi connectivity index (χ2v) is 6.14. The normalized spacial score (nSPS) is 28.1. The second-order valence-electron chi connectivity index (χ2n) is 6.14. The van der Waals surface area contributed by atoms with Crippen LogP contribution in [-0.4, -0.2) is 55.9 Å². The molecule has 0 bridgehead atoms. The molecule has 4 nitrogen and oxygen atoms in total. The number of hydrogen-bond donors (Lipinski definition) is 1. The molecular weight excluding hydrogens is 252 g/mol. The van der Waals surface area contributed by atoms with Gasteiger partial charge < -0.3 is 14.8 Å². The van der Waals surface area contributed by atoms with Gasteiger partial charge >= 0.3 is 0 Å². The average molecular weight is 280 g/mol. The van der Waals surface area contributed by atoms with E-state index in [1.807, 2.05) is 0 Å². The second kappa shape index (κ2) is 6.46. The quantitative estimate of drug-likeness (QED) is 0.834. The number of nitrogens with zero attached hydrogens (tertiary/aromatic N) is 1. The van der Waals surface area contributed by atoms with Gasteiger partial charge in [0.2, 0.25) is 0 Å². The Kier molecular flexibility index (Phi) is 4.64. The topological polar surface area (TPSA) is 33.7 Å². The van der Waals surface area contributed by atoms with Crippen molar-refractivity contribution >= 4 is 0 Å². The predicted octanol–water partition coefficient (Wildman–Crippen LogP) is 1.91. The maximum Gasteiger partial charge on any atom is 0.111 e. The lowest BCUT2D eigenvalue weighted by atomic mass is 9.84. The number of morpholine rings is 1. The van der Waals surface area contributed by atoms with Gasteiger partial charge in [0.05, 0.1) is 25.9 Å². The smallest absolute Gasteiger partial charge is 0.111 e. The standard InChI is InChI=1S/C16H28N2O2/c1-2-17-15(14-6-5-11-20-14)16(7-3-4-8-16)18-9-12-19-13-10-18/h6,15,17H,2-5,7-13H2,1H3. The van der Waals surface area contributed by atoms with Gasteiger partial charge in [-0.2, -0.15) is 0 Å². The van der Waals surface area contributed by atoms with Crippen LogP contribution in [0.4, 0.5) is 0 Å². The lowest BCUT2D eigenvalue weighted by molar-refractivity contribution is -0.0369. The van der Waals surface area contributed by atoms with Crippen LogP contribution in [0.25, 0.3) is 0 Å². The molecule has 1 saturated heterocycles. The number of likely N-dealkylation sites (N-methyl/N-ethyl adjacent to an activating group) is 1. The Hall–Kier alpha value is -0.580. The van der Waals surface area contributed by atoms with Crippen molar-refractivity contribution < 1.29 is 9.47 Å². The number of ether oxygens (including phenoxy) is 2. The minimum atomic E-state index is 0.246. The van der Waals surface area contributed by atoms with Crippen molar-refractivity contribution in [1.29, 1.82) is 0 Å². The highest BCUT2D eigenvalue weighted by Crippen LogP contribution is 2.41. The van der Waals surface area contributed by atoms with Crippen LogP contribution in [0.15, 0.2) is 11.8 Å². The van der Waals surface area contributed by atoms with Crippen LogP contribution in [0.2, 0.25) is 0 Å². The van der Waals surface area contributed by atoms with E-state index in [-0.39, 0.29) is 5.54 Å². The van der Waals surface area contributed by atoms with Gasteiger partial charge in [-0.1, -0.05) is 19.8 Å². The molecule has 3 rings (SSSR count). The third-order valence-electron chi connectivity index (χ3n) is 5.07. The van der Waals surface area contributed by atoms with E-state index < -0.39 is 0 Å². The first-order chi connectivity index (χ1) is 9.87. The molecule has 0 spiro atoms. The van der Waals surface area contributed by atoms with Crippen LogP contribution in [0.5, 0.6) is 0 Å². The molecule has 2 aliphatic heterocycles. The molecule has 1 atom stereocenters. The molecule has 0 amide bonds. The summed E-state index contributed by atoms with van der Waals surface area (Å²) in [6.07, 6.45) is 8.61. The monoisotopic (exact) mass is 280 g/mol. The van der Waals surface area contributed by atoms with Crippen LogP contribution in [-0.2, 0) is 9.47 Å². The van der Waals surface area contributed by atoms with Crippen molar-refractivity contribution in [2.75, 3.05) is 39.5 Å². The van der Waals surface area contributed by atoms with E-state index in [2.05, 4.69) is 23.2 Å². The molecule has 2 heterocycles. The van der Waals surface area contributed by atoms with Crippen molar-refractivity contribution in [2.24, 2.45) is 0 Å². The summed E-state index contributed by atoms with van der Waals surface area (Å²) in [6, 6.07) is 0.357. The lowest BCUT2D eigenvalue weighted by Crippen LogP contribution is -2.63. The molecule has 0 radical (unpaired) electrons. The highest BCUT2D eigenvalue weighted by atomic mass is 16.5.